The Kier molecular flexibility index (Phi) is 5.72. The second-order valence-electron chi connectivity index (χ2n) is 7.92. The Balaban J connectivity index is 2.11. The van der Waals surface area contributed by atoms with Crippen molar-refractivity contribution in [1.82, 2.24) is 4.90 Å². The summed E-state index contributed by atoms with van der Waals surface area (Å²) in [5.41, 5.74) is 0.122. The molecule has 7 nitrogen and oxygen atoms in total. The van der Waals surface area contributed by atoms with Gasteiger partial charge in [-0.15, -0.1) is 0 Å². The first kappa shape index (κ1) is 21.6. The van der Waals surface area contributed by atoms with Crippen molar-refractivity contribution >= 4 is 22.8 Å². The zero-order valence-electron chi connectivity index (χ0n) is 17.1. The molecular formula is C22H23NO6S. The second kappa shape index (κ2) is 7.95. The molecule has 1 aliphatic heterocycles. The molecule has 1 aliphatic rings. The zero-order valence-corrected chi connectivity index (χ0v) is 17.9. The van der Waals surface area contributed by atoms with Crippen molar-refractivity contribution in [3.8, 4) is 11.5 Å². The molecule has 0 aromatic heterocycles. The molecule has 0 saturated heterocycles. The molecule has 0 radical (unpaired) electrons. The highest BCUT2D eigenvalue weighted by Crippen LogP contribution is 2.42. The maximum absolute atomic E-state index is 13.3. The van der Waals surface area contributed by atoms with Crippen molar-refractivity contribution in [2.75, 3.05) is 0 Å². The van der Waals surface area contributed by atoms with E-state index >= 15 is 0 Å². The summed E-state index contributed by atoms with van der Waals surface area (Å²) >= 11 is 0. The van der Waals surface area contributed by atoms with Gasteiger partial charge in [0, 0.05) is 16.5 Å². The van der Waals surface area contributed by atoms with Crippen molar-refractivity contribution in [2.45, 2.75) is 49.1 Å². The minimum absolute atomic E-state index is 0.00173. The molecule has 0 bridgehead atoms. The topological polar surface area (TPSA) is 104 Å². The molecular weight excluding hydrogens is 406 g/mol. The van der Waals surface area contributed by atoms with Gasteiger partial charge in [-0.1, -0.05) is 23.8 Å². The van der Waals surface area contributed by atoms with Gasteiger partial charge < -0.3 is 14.9 Å². The fourth-order valence-corrected chi connectivity index (χ4v) is 4.36. The minimum atomic E-state index is -1.88. The van der Waals surface area contributed by atoms with Crippen molar-refractivity contribution in [3.63, 3.8) is 0 Å². The molecule has 2 aromatic rings. The number of phenolic OH excluding ortho intramolecular Hbond substituents is 2. The van der Waals surface area contributed by atoms with Gasteiger partial charge in [0.1, 0.15) is 17.1 Å². The quantitative estimate of drug-likeness (QED) is 0.716. The highest BCUT2D eigenvalue weighted by atomic mass is 32.2. The molecule has 8 heteroatoms. The number of hydrogen-bond acceptors (Lipinski definition) is 6. The molecule has 0 spiro atoms. The second-order valence-corrected chi connectivity index (χ2v) is 9.34. The minimum Gasteiger partial charge on any atom is -0.508 e. The lowest BCUT2D eigenvalue weighted by Gasteiger charge is -2.28. The molecule has 3 rings (SSSR count). The molecule has 2 aromatic carbocycles. The van der Waals surface area contributed by atoms with Gasteiger partial charge in [0.25, 0.3) is 5.91 Å². The van der Waals surface area contributed by atoms with E-state index in [2.05, 4.69) is 0 Å². The SMILES string of the molecule is Cc1ccc(S(=O)c2c(O)ccc(O)c2[C@H]2C=CC(=O)N2C(=O)OC(C)(C)C)cc1. The number of aryl methyl sites for hydroxylation is 1. The zero-order chi connectivity index (χ0) is 22.2. The first-order chi connectivity index (χ1) is 14.0. The Morgan fingerprint density at radius 1 is 1.07 bits per heavy atom. The van der Waals surface area contributed by atoms with Crippen molar-refractivity contribution in [3.05, 3.63) is 59.7 Å². The lowest BCUT2D eigenvalue weighted by molar-refractivity contribution is -0.125. The predicted molar refractivity (Wildman–Crippen MR) is 111 cm³/mol. The van der Waals surface area contributed by atoms with Crippen LogP contribution in [0.25, 0.3) is 0 Å². The predicted octanol–water partition coefficient (Wildman–Crippen LogP) is 3.95. The number of aromatic hydroxyl groups is 2. The number of rotatable bonds is 3. The number of benzene rings is 2. The van der Waals surface area contributed by atoms with E-state index in [1.807, 2.05) is 6.92 Å². The van der Waals surface area contributed by atoms with Crippen LogP contribution in [-0.4, -0.2) is 36.9 Å². The average molecular weight is 429 g/mol. The van der Waals surface area contributed by atoms with Crippen LogP contribution in [0.2, 0.25) is 0 Å². The summed E-state index contributed by atoms with van der Waals surface area (Å²) in [5.74, 6) is -1.26. The standard InChI is InChI=1S/C22H23NO6S/c1-13-5-7-14(8-6-13)30(28)20-17(25)11-10-16(24)19(20)15-9-12-18(26)23(15)21(27)29-22(2,3)4/h5-12,15,24-25H,1-4H3/t15-,30?/m1/s1. The first-order valence-corrected chi connectivity index (χ1v) is 10.4. The molecule has 0 saturated carbocycles. The van der Waals surface area contributed by atoms with Gasteiger partial charge >= 0.3 is 6.09 Å². The average Bonchev–Trinajstić information content (AvgIpc) is 3.03. The monoisotopic (exact) mass is 429 g/mol. The number of imide groups is 1. The Hall–Kier alpha value is -3.13. The van der Waals surface area contributed by atoms with E-state index in [9.17, 15) is 24.0 Å². The summed E-state index contributed by atoms with van der Waals surface area (Å²) < 4.78 is 18.6. The highest BCUT2D eigenvalue weighted by Gasteiger charge is 2.39. The number of amides is 2. The number of ether oxygens (including phenoxy) is 1. The van der Waals surface area contributed by atoms with Crippen LogP contribution in [0.3, 0.4) is 0 Å². The number of carbonyl (C=O) groups excluding carboxylic acids is 2. The van der Waals surface area contributed by atoms with E-state index in [0.29, 0.717) is 4.90 Å². The summed E-state index contributed by atoms with van der Waals surface area (Å²) in [6.07, 6.45) is 1.67. The lowest BCUT2D eigenvalue weighted by Crippen LogP contribution is -2.39. The van der Waals surface area contributed by atoms with Gasteiger partial charge in [-0.25, -0.2) is 13.9 Å². The van der Waals surface area contributed by atoms with E-state index in [4.69, 9.17) is 4.74 Å². The van der Waals surface area contributed by atoms with Crippen LogP contribution < -0.4 is 0 Å². The van der Waals surface area contributed by atoms with E-state index < -0.39 is 34.4 Å². The van der Waals surface area contributed by atoms with E-state index in [1.54, 1.807) is 45.0 Å². The first-order valence-electron chi connectivity index (χ1n) is 9.27. The van der Waals surface area contributed by atoms with Gasteiger partial charge in [0.2, 0.25) is 0 Å². The molecule has 158 valence electrons. The van der Waals surface area contributed by atoms with Crippen molar-refractivity contribution in [1.29, 1.82) is 0 Å². The fourth-order valence-electron chi connectivity index (χ4n) is 3.05. The Morgan fingerprint density at radius 3 is 2.27 bits per heavy atom. The van der Waals surface area contributed by atoms with Crippen LogP contribution in [0.5, 0.6) is 11.5 Å². The van der Waals surface area contributed by atoms with Crippen LogP contribution in [-0.2, 0) is 20.3 Å². The molecule has 2 amide bonds. The maximum Gasteiger partial charge on any atom is 0.418 e. The van der Waals surface area contributed by atoms with Crippen LogP contribution in [0, 0.1) is 6.92 Å². The number of nitrogens with zero attached hydrogens (tertiary/aromatic N) is 1. The number of carbonyl (C=O) groups is 2. The molecule has 0 fully saturated rings. The molecule has 30 heavy (non-hydrogen) atoms. The summed E-state index contributed by atoms with van der Waals surface area (Å²) in [6, 6.07) is 8.23. The van der Waals surface area contributed by atoms with Crippen molar-refractivity contribution in [2.24, 2.45) is 0 Å². The summed E-state index contributed by atoms with van der Waals surface area (Å²) in [4.78, 5) is 26.2. The van der Waals surface area contributed by atoms with Gasteiger partial charge in [0.15, 0.2) is 0 Å². The summed E-state index contributed by atoms with van der Waals surface area (Å²) in [6.45, 7) is 6.88. The largest absolute Gasteiger partial charge is 0.508 e. The third-order valence-corrected chi connectivity index (χ3v) is 5.90. The fraction of sp³-hybridized carbons (Fsp3) is 0.273. The van der Waals surface area contributed by atoms with Crippen LogP contribution in [0.1, 0.15) is 37.9 Å². The molecule has 2 atom stereocenters. The Morgan fingerprint density at radius 2 is 1.67 bits per heavy atom. The molecule has 2 N–H and O–H groups in total. The van der Waals surface area contributed by atoms with Gasteiger partial charge in [-0.05, 0) is 52.0 Å². The number of hydrogen-bond donors (Lipinski definition) is 2. The summed E-state index contributed by atoms with van der Waals surface area (Å²) in [5, 5.41) is 21.1. The third-order valence-electron chi connectivity index (χ3n) is 4.40. The molecule has 1 unspecified atom stereocenters. The van der Waals surface area contributed by atoms with E-state index in [0.717, 1.165) is 10.5 Å². The van der Waals surface area contributed by atoms with Crippen molar-refractivity contribution < 1.29 is 28.7 Å². The smallest absolute Gasteiger partial charge is 0.418 e. The normalized spacial score (nSPS) is 17.3. The molecule has 1 heterocycles. The van der Waals surface area contributed by atoms with Gasteiger partial charge in [0.05, 0.1) is 21.7 Å². The van der Waals surface area contributed by atoms with E-state index in [1.165, 1.54) is 24.3 Å². The van der Waals surface area contributed by atoms with Crippen LogP contribution >= 0.6 is 0 Å². The van der Waals surface area contributed by atoms with Crippen LogP contribution in [0.15, 0.2) is 58.3 Å². The van der Waals surface area contributed by atoms with Crippen LogP contribution in [0.4, 0.5) is 4.79 Å². The van der Waals surface area contributed by atoms with Gasteiger partial charge in [-0.2, -0.15) is 0 Å². The Labute approximate surface area is 177 Å². The third kappa shape index (κ3) is 4.23. The highest BCUT2D eigenvalue weighted by molar-refractivity contribution is 7.85. The van der Waals surface area contributed by atoms with Gasteiger partial charge in [-0.3, -0.25) is 4.79 Å². The number of phenols is 2. The summed E-state index contributed by atoms with van der Waals surface area (Å²) in [7, 11) is -1.88. The lowest BCUT2D eigenvalue weighted by atomic mass is 10.0. The maximum atomic E-state index is 13.3. The molecule has 0 aliphatic carbocycles. The van der Waals surface area contributed by atoms with E-state index in [-0.39, 0.29) is 22.0 Å². The Bertz CT molecular complexity index is 1050.